The van der Waals surface area contributed by atoms with Crippen LogP contribution < -0.4 is 0 Å². The average Bonchev–Trinajstić information content (AvgIpc) is 2.71. The first-order chi connectivity index (χ1) is 14.7. The van der Waals surface area contributed by atoms with Gasteiger partial charge in [0.05, 0.1) is 16.6 Å². The van der Waals surface area contributed by atoms with E-state index in [0.717, 1.165) is 17.6 Å². The number of hydrogen-bond donors (Lipinski definition) is 1. The van der Waals surface area contributed by atoms with Crippen LogP contribution in [0.1, 0.15) is 76.6 Å². The van der Waals surface area contributed by atoms with Gasteiger partial charge in [-0.3, -0.25) is 4.79 Å². The molecule has 0 aromatic heterocycles. The van der Waals surface area contributed by atoms with E-state index in [1.54, 1.807) is 24.3 Å². The number of sulfone groups is 1. The van der Waals surface area contributed by atoms with E-state index in [1.165, 1.54) is 30.0 Å². The summed E-state index contributed by atoms with van der Waals surface area (Å²) in [6, 6.07) is 13.4. The molecule has 5 heteroatoms. The molecule has 0 heterocycles. The molecule has 1 unspecified atom stereocenters. The molecule has 4 nitrogen and oxygen atoms in total. The Bertz CT molecular complexity index is 1150. The maximum atomic E-state index is 12.5. The number of fused-ring (bicyclic) bond motifs is 1. The van der Waals surface area contributed by atoms with Crippen LogP contribution in [-0.2, 0) is 25.5 Å². The van der Waals surface area contributed by atoms with Crippen LogP contribution in [0.3, 0.4) is 0 Å². The van der Waals surface area contributed by atoms with E-state index < -0.39 is 27.5 Å². The number of carboxylic acid groups (broad SMARTS) is 1. The van der Waals surface area contributed by atoms with Crippen molar-refractivity contribution < 1.29 is 18.3 Å². The van der Waals surface area contributed by atoms with Crippen molar-refractivity contribution >= 4 is 27.5 Å². The van der Waals surface area contributed by atoms with E-state index in [0.29, 0.717) is 0 Å². The van der Waals surface area contributed by atoms with Crippen LogP contribution in [0.5, 0.6) is 0 Å². The van der Waals surface area contributed by atoms with Crippen LogP contribution in [0, 0.1) is 5.92 Å². The molecular weight excluding hydrogens is 420 g/mol. The van der Waals surface area contributed by atoms with Gasteiger partial charge < -0.3 is 5.11 Å². The summed E-state index contributed by atoms with van der Waals surface area (Å²) < 4.78 is 24.9. The fourth-order valence-corrected chi connectivity index (χ4v) is 5.98. The van der Waals surface area contributed by atoms with Gasteiger partial charge in [-0.2, -0.15) is 0 Å². The number of carboxylic acids is 1. The zero-order valence-corrected chi connectivity index (χ0v) is 20.7. The maximum Gasteiger partial charge on any atom is 0.307 e. The summed E-state index contributed by atoms with van der Waals surface area (Å²) in [5.41, 5.74) is 6.35. The van der Waals surface area contributed by atoms with Crippen molar-refractivity contribution in [3.05, 3.63) is 64.7 Å². The fourth-order valence-electron chi connectivity index (χ4n) is 4.44. The minimum Gasteiger partial charge on any atom is -0.481 e. The number of carbonyl (C=O) groups is 1. The minimum absolute atomic E-state index is 0.143. The van der Waals surface area contributed by atoms with E-state index >= 15 is 0 Å². The van der Waals surface area contributed by atoms with Gasteiger partial charge >= 0.3 is 5.97 Å². The van der Waals surface area contributed by atoms with E-state index in [1.807, 2.05) is 0 Å². The second-order valence-corrected chi connectivity index (χ2v) is 12.5. The molecule has 1 N–H and O–H groups in total. The molecule has 0 saturated carbocycles. The third kappa shape index (κ3) is 4.98. The quantitative estimate of drug-likeness (QED) is 0.536. The maximum absolute atomic E-state index is 12.5. The Kier molecular flexibility index (Phi) is 6.45. The Balaban J connectivity index is 1.88. The van der Waals surface area contributed by atoms with Crippen molar-refractivity contribution in [3.63, 3.8) is 0 Å². The summed E-state index contributed by atoms with van der Waals surface area (Å²) in [6.45, 7) is 12.7. The van der Waals surface area contributed by atoms with E-state index in [-0.39, 0.29) is 15.7 Å². The third-order valence-electron chi connectivity index (χ3n) is 6.82. The van der Waals surface area contributed by atoms with E-state index in [4.69, 9.17) is 5.11 Å². The highest BCUT2D eigenvalue weighted by Gasteiger charge is 2.36. The second kappa shape index (κ2) is 8.51. The molecule has 0 spiro atoms. The van der Waals surface area contributed by atoms with Crippen molar-refractivity contribution in [2.45, 2.75) is 70.1 Å². The standard InChI is InChI=1S/C27H34O4S/c1-18(21-9-12-23-24(16-21)27(5,6)14-13-26(23,3)4)15-20-7-10-22(11-8-20)32(30,31)17-19(2)25(28)29/h7-12,15-16,19H,13-14,17H2,1-6H3,(H,28,29). The summed E-state index contributed by atoms with van der Waals surface area (Å²) in [5.74, 6) is -2.46. The predicted molar refractivity (Wildman–Crippen MR) is 131 cm³/mol. The molecule has 3 rings (SSSR count). The monoisotopic (exact) mass is 454 g/mol. The van der Waals surface area contributed by atoms with Gasteiger partial charge in [-0.1, -0.05) is 71.0 Å². The van der Waals surface area contributed by atoms with Gasteiger partial charge in [-0.05, 0) is 70.6 Å². The third-order valence-corrected chi connectivity index (χ3v) is 8.75. The Hall–Kier alpha value is -2.40. The molecule has 0 aliphatic heterocycles. The molecular formula is C27H34O4S. The van der Waals surface area contributed by atoms with Gasteiger partial charge in [0.15, 0.2) is 9.84 Å². The molecule has 2 aromatic rings. The lowest BCUT2D eigenvalue weighted by Gasteiger charge is -2.42. The van der Waals surface area contributed by atoms with E-state index in [9.17, 15) is 13.2 Å². The van der Waals surface area contributed by atoms with Crippen molar-refractivity contribution in [1.82, 2.24) is 0 Å². The summed E-state index contributed by atoms with van der Waals surface area (Å²) >= 11 is 0. The lowest BCUT2D eigenvalue weighted by Crippen LogP contribution is -2.33. The number of aliphatic carboxylic acids is 1. The van der Waals surface area contributed by atoms with Gasteiger partial charge in [0.2, 0.25) is 0 Å². The first-order valence-electron chi connectivity index (χ1n) is 11.1. The van der Waals surface area contributed by atoms with Crippen LogP contribution in [0.4, 0.5) is 0 Å². The Labute approximate surface area is 192 Å². The molecule has 32 heavy (non-hydrogen) atoms. The topological polar surface area (TPSA) is 71.4 Å². The summed E-state index contributed by atoms with van der Waals surface area (Å²) in [7, 11) is -3.64. The Morgan fingerprint density at radius 1 is 1.00 bits per heavy atom. The van der Waals surface area contributed by atoms with Crippen LogP contribution in [-0.4, -0.2) is 25.2 Å². The molecule has 2 aromatic carbocycles. The minimum atomic E-state index is -3.64. The number of allylic oxidation sites excluding steroid dienone is 1. The highest BCUT2D eigenvalue weighted by atomic mass is 32.2. The normalized spacial score (nSPS) is 18.6. The second-order valence-electron chi connectivity index (χ2n) is 10.4. The van der Waals surface area contributed by atoms with Crippen molar-refractivity contribution in [1.29, 1.82) is 0 Å². The Morgan fingerprint density at radius 3 is 2.12 bits per heavy atom. The molecule has 0 bridgehead atoms. The average molecular weight is 455 g/mol. The van der Waals surface area contributed by atoms with Crippen molar-refractivity contribution in [3.8, 4) is 0 Å². The SMILES string of the molecule is CC(=Cc1ccc(S(=O)(=O)CC(C)C(=O)O)cc1)c1ccc2c(c1)C(C)(C)CCC2(C)C. The summed E-state index contributed by atoms with van der Waals surface area (Å²) in [5, 5.41) is 9.01. The van der Waals surface area contributed by atoms with Gasteiger partial charge in [-0.25, -0.2) is 8.42 Å². The lowest BCUT2D eigenvalue weighted by molar-refractivity contribution is -0.140. The summed E-state index contributed by atoms with van der Waals surface area (Å²) in [6.07, 6.45) is 4.40. The van der Waals surface area contributed by atoms with Gasteiger partial charge in [-0.15, -0.1) is 0 Å². The molecule has 172 valence electrons. The zero-order chi connectivity index (χ0) is 23.9. The van der Waals surface area contributed by atoms with Crippen LogP contribution in [0.25, 0.3) is 11.6 Å². The van der Waals surface area contributed by atoms with Crippen LogP contribution in [0.15, 0.2) is 47.4 Å². The first kappa shape index (κ1) is 24.2. The molecule has 1 aliphatic carbocycles. The van der Waals surface area contributed by atoms with Crippen LogP contribution >= 0.6 is 0 Å². The van der Waals surface area contributed by atoms with Gasteiger partial charge in [0.1, 0.15) is 0 Å². The van der Waals surface area contributed by atoms with E-state index in [2.05, 4.69) is 58.9 Å². The molecule has 0 amide bonds. The van der Waals surface area contributed by atoms with Crippen molar-refractivity contribution in [2.24, 2.45) is 5.92 Å². The van der Waals surface area contributed by atoms with Gasteiger partial charge in [0, 0.05) is 0 Å². The predicted octanol–water partition coefficient (Wildman–Crippen LogP) is 6.09. The smallest absolute Gasteiger partial charge is 0.307 e. The molecule has 1 aliphatic rings. The molecule has 0 fully saturated rings. The highest BCUT2D eigenvalue weighted by Crippen LogP contribution is 2.46. The number of hydrogen-bond acceptors (Lipinski definition) is 3. The van der Waals surface area contributed by atoms with Crippen LogP contribution in [0.2, 0.25) is 0 Å². The summed E-state index contributed by atoms with van der Waals surface area (Å²) in [4.78, 5) is 11.2. The zero-order valence-electron chi connectivity index (χ0n) is 19.9. The number of rotatable bonds is 6. The van der Waals surface area contributed by atoms with Crippen molar-refractivity contribution in [2.75, 3.05) is 5.75 Å². The largest absolute Gasteiger partial charge is 0.481 e. The lowest BCUT2D eigenvalue weighted by atomic mass is 9.63. The molecule has 0 saturated heterocycles. The van der Waals surface area contributed by atoms with Gasteiger partial charge in [0.25, 0.3) is 0 Å². The number of benzene rings is 2. The fraction of sp³-hybridized carbons (Fsp3) is 0.444. The highest BCUT2D eigenvalue weighted by molar-refractivity contribution is 7.91. The Morgan fingerprint density at radius 2 is 1.56 bits per heavy atom. The first-order valence-corrected chi connectivity index (χ1v) is 12.8. The molecule has 1 atom stereocenters. The molecule has 0 radical (unpaired) electrons.